The largest absolute Gasteiger partial charge is 0.351 e. The fourth-order valence-corrected chi connectivity index (χ4v) is 4.12. The van der Waals surface area contributed by atoms with E-state index in [1.54, 1.807) is 12.1 Å². The monoisotopic (exact) mass is 372 g/mol. The highest BCUT2D eigenvalue weighted by atomic mass is 32.2. The Morgan fingerprint density at radius 2 is 1.73 bits per heavy atom. The quantitative estimate of drug-likeness (QED) is 0.748. The standard InChI is InChI=1S/C20H24N2O3S/c1-2-15(16-6-4-3-5-7-16)14-21-20(23)17-8-12-19(13-9-17)26(24,25)22-18-10-11-18/h3-9,12-13,15,18,22H,2,10-11,14H2,1H3,(H,21,23)/t15-/m0/s1. The summed E-state index contributed by atoms with van der Waals surface area (Å²) in [7, 11) is -3.49. The van der Waals surface area contributed by atoms with Crippen molar-refractivity contribution in [3.63, 3.8) is 0 Å². The van der Waals surface area contributed by atoms with Crippen LogP contribution in [0.1, 0.15) is 48.0 Å². The summed E-state index contributed by atoms with van der Waals surface area (Å²) < 4.78 is 27.0. The summed E-state index contributed by atoms with van der Waals surface area (Å²) in [5, 5.41) is 2.94. The van der Waals surface area contributed by atoms with Crippen molar-refractivity contribution in [2.75, 3.05) is 6.54 Å². The number of benzene rings is 2. The molecule has 0 aromatic heterocycles. The molecule has 0 unspecified atom stereocenters. The van der Waals surface area contributed by atoms with Gasteiger partial charge in [-0.25, -0.2) is 13.1 Å². The lowest BCUT2D eigenvalue weighted by molar-refractivity contribution is 0.0951. The fraction of sp³-hybridized carbons (Fsp3) is 0.350. The van der Waals surface area contributed by atoms with Crippen molar-refractivity contribution in [1.29, 1.82) is 0 Å². The van der Waals surface area contributed by atoms with Crippen LogP contribution in [0.4, 0.5) is 0 Å². The van der Waals surface area contributed by atoms with Gasteiger partial charge in [0.25, 0.3) is 5.91 Å². The summed E-state index contributed by atoms with van der Waals surface area (Å²) in [5.41, 5.74) is 1.65. The number of carbonyl (C=O) groups is 1. The Morgan fingerprint density at radius 3 is 2.31 bits per heavy atom. The van der Waals surface area contributed by atoms with Gasteiger partial charge in [-0.3, -0.25) is 4.79 Å². The number of hydrogen-bond donors (Lipinski definition) is 2. The second kappa shape index (κ2) is 8.01. The topological polar surface area (TPSA) is 75.3 Å². The van der Waals surface area contributed by atoms with E-state index in [-0.39, 0.29) is 22.8 Å². The molecule has 1 aliphatic carbocycles. The number of rotatable bonds is 8. The molecule has 3 rings (SSSR count). The van der Waals surface area contributed by atoms with Gasteiger partial charge in [0.1, 0.15) is 0 Å². The Labute approximate surface area is 154 Å². The number of sulfonamides is 1. The summed E-state index contributed by atoms with van der Waals surface area (Å²) in [4.78, 5) is 12.6. The van der Waals surface area contributed by atoms with Gasteiger partial charge in [0.2, 0.25) is 10.0 Å². The molecule has 0 bridgehead atoms. The third-order valence-corrected chi connectivity index (χ3v) is 6.14. The molecule has 1 saturated carbocycles. The van der Waals surface area contributed by atoms with E-state index in [1.165, 1.54) is 17.7 Å². The van der Waals surface area contributed by atoms with Crippen LogP contribution in [-0.4, -0.2) is 26.9 Å². The first-order valence-corrected chi connectivity index (χ1v) is 10.4. The molecule has 0 aliphatic heterocycles. The third-order valence-electron chi connectivity index (χ3n) is 4.60. The molecule has 2 aromatic rings. The van der Waals surface area contributed by atoms with Crippen LogP contribution in [0, 0.1) is 0 Å². The molecule has 0 spiro atoms. The lowest BCUT2D eigenvalue weighted by Crippen LogP contribution is -2.28. The van der Waals surface area contributed by atoms with E-state index in [4.69, 9.17) is 0 Å². The fourth-order valence-electron chi connectivity index (χ4n) is 2.82. The summed E-state index contributed by atoms with van der Waals surface area (Å²) >= 11 is 0. The van der Waals surface area contributed by atoms with E-state index < -0.39 is 10.0 Å². The van der Waals surface area contributed by atoms with Crippen molar-refractivity contribution >= 4 is 15.9 Å². The zero-order valence-electron chi connectivity index (χ0n) is 14.8. The van der Waals surface area contributed by atoms with E-state index in [0.717, 1.165) is 19.3 Å². The molecule has 0 radical (unpaired) electrons. The number of nitrogens with one attached hydrogen (secondary N) is 2. The lowest BCUT2D eigenvalue weighted by Gasteiger charge is -2.16. The van der Waals surface area contributed by atoms with Crippen molar-refractivity contribution in [1.82, 2.24) is 10.0 Å². The van der Waals surface area contributed by atoms with Gasteiger partial charge in [-0.15, -0.1) is 0 Å². The highest BCUT2D eigenvalue weighted by Gasteiger charge is 2.28. The SMILES string of the molecule is CC[C@@H](CNC(=O)c1ccc(S(=O)(=O)NC2CC2)cc1)c1ccccc1. The van der Waals surface area contributed by atoms with Crippen molar-refractivity contribution in [3.05, 3.63) is 65.7 Å². The van der Waals surface area contributed by atoms with Crippen LogP contribution in [0.15, 0.2) is 59.5 Å². The molecular weight excluding hydrogens is 348 g/mol. The highest BCUT2D eigenvalue weighted by Crippen LogP contribution is 2.22. The minimum Gasteiger partial charge on any atom is -0.351 e. The van der Waals surface area contributed by atoms with Gasteiger partial charge in [-0.1, -0.05) is 37.3 Å². The van der Waals surface area contributed by atoms with E-state index in [2.05, 4.69) is 29.1 Å². The van der Waals surface area contributed by atoms with Gasteiger partial charge in [0.05, 0.1) is 4.90 Å². The van der Waals surface area contributed by atoms with Gasteiger partial charge in [-0.05, 0) is 49.1 Å². The summed E-state index contributed by atoms with van der Waals surface area (Å²) in [5.74, 6) is 0.0565. The highest BCUT2D eigenvalue weighted by molar-refractivity contribution is 7.89. The molecule has 0 saturated heterocycles. The molecule has 1 atom stereocenters. The second-order valence-corrected chi connectivity index (χ2v) is 8.36. The first-order chi connectivity index (χ1) is 12.5. The number of amides is 1. The summed E-state index contributed by atoms with van der Waals surface area (Å²) in [6, 6.07) is 16.2. The average molecular weight is 372 g/mol. The van der Waals surface area contributed by atoms with Crippen molar-refractivity contribution in [2.24, 2.45) is 0 Å². The van der Waals surface area contributed by atoms with Crippen LogP contribution in [0.5, 0.6) is 0 Å². The summed E-state index contributed by atoms with van der Waals surface area (Å²) in [6.07, 6.45) is 2.70. The van der Waals surface area contributed by atoms with Crippen LogP contribution in [-0.2, 0) is 10.0 Å². The average Bonchev–Trinajstić information content (AvgIpc) is 3.46. The molecule has 138 valence electrons. The van der Waals surface area contributed by atoms with Gasteiger partial charge in [-0.2, -0.15) is 0 Å². The Kier molecular flexibility index (Phi) is 5.74. The molecule has 26 heavy (non-hydrogen) atoms. The minimum absolute atomic E-state index is 0.0620. The maximum Gasteiger partial charge on any atom is 0.251 e. The van der Waals surface area contributed by atoms with Crippen molar-refractivity contribution < 1.29 is 13.2 Å². The zero-order valence-corrected chi connectivity index (χ0v) is 15.6. The predicted octanol–water partition coefficient (Wildman–Crippen LogP) is 3.05. The van der Waals surface area contributed by atoms with E-state index in [9.17, 15) is 13.2 Å². The second-order valence-electron chi connectivity index (χ2n) is 6.65. The normalized spacial score (nSPS) is 15.4. The molecule has 0 heterocycles. The van der Waals surface area contributed by atoms with E-state index in [1.807, 2.05) is 18.2 Å². The lowest BCUT2D eigenvalue weighted by atomic mass is 9.96. The Morgan fingerprint density at radius 1 is 1.08 bits per heavy atom. The van der Waals surface area contributed by atoms with Crippen molar-refractivity contribution in [3.8, 4) is 0 Å². The first-order valence-electron chi connectivity index (χ1n) is 8.95. The Balaban J connectivity index is 1.61. The molecular formula is C20H24N2O3S. The predicted molar refractivity (Wildman–Crippen MR) is 102 cm³/mol. The number of hydrogen-bond acceptors (Lipinski definition) is 3. The molecule has 5 nitrogen and oxygen atoms in total. The Hall–Kier alpha value is -2.18. The molecule has 1 fully saturated rings. The smallest absolute Gasteiger partial charge is 0.251 e. The Bertz CT molecular complexity index is 844. The van der Waals surface area contributed by atoms with Gasteiger partial charge >= 0.3 is 0 Å². The first kappa shape index (κ1) is 18.6. The van der Waals surface area contributed by atoms with Crippen LogP contribution in [0.2, 0.25) is 0 Å². The van der Waals surface area contributed by atoms with Crippen LogP contribution in [0.25, 0.3) is 0 Å². The maximum atomic E-state index is 12.4. The van der Waals surface area contributed by atoms with Gasteiger partial charge in [0, 0.05) is 24.1 Å². The molecule has 1 amide bonds. The molecule has 2 aromatic carbocycles. The molecule has 1 aliphatic rings. The summed E-state index contributed by atoms with van der Waals surface area (Å²) in [6.45, 7) is 2.64. The third kappa shape index (κ3) is 4.71. The van der Waals surface area contributed by atoms with E-state index >= 15 is 0 Å². The molecule has 2 N–H and O–H groups in total. The number of carbonyl (C=O) groups excluding carboxylic acids is 1. The van der Waals surface area contributed by atoms with Crippen LogP contribution in [0.3, 0.4) is 0 Å². The minimum atomic E-state index is -3.49. The molecule has 6 heteroatoms. The van der Waals surface area contributed by atoms with E-state index in [0.29, 0.717) is 12.1 Å². The maximum absolute atomic E-state index is 12.4. The van der Waals surface area contributed by atoms with Crippen molar-refractivity contribution in [2.45, 2.75) is 43.0 Å². The van der Waals surface area contributed by atoms with Crippen LogP contribution < -0.4 is 10.0 Å². The zero-order chi connectivity index (χ0) is 18.6. The van der Waals surface area contributed by atoms with Crippen LogP contribution >= 0.6 is 0 Å². The van der Waals surface area contributed by atoms with Gasteiger partial charge < -0.3 is 5.32 Å². The van der Waals surface area contributed by atoms with Gasteiger partial charge in [0.15, 0.2) is 0 Å².